The molecule has 1 saturated heterocycles. The van der Waals surface area contributed by atoms with Crippen LogP contribution >= 0.6 is 0 Å². The molecule has 1 heterocycles. The number of guanidine groups is 1. The quantitative estimate of drug-likeness (QED) is 0.206. The zero-order valence-electron chi connectivity index (χ0n) is 23.8. The fourth-order valence-electron chi connectivity index (χ4n) is 5.65. The van der Waals surface area contributed by atoms with Crippen molar-refractivity contribution in [3.8, 4) is 0 Å². The van der Waals surface area contributed by atoms with E-state index < -0.39 is 12.1 Å². The van der Waals surface area contributed by atoms with Gasteiger partial charge in [0.05, 0.1) is 6.04 Å². The van der Waals surface area contributed by atoms with Gasteiger partial charge in [-0.15, -0.1) is 0 Å². The molecule has 6 N–H and O–H groups in total. The van der Waals surface area contributed by atoms with Gasteiger partial charge < -0.3 is 27.0 Å². The van der Waals surface area contributed by atoms with E-state index in [1.807, 2.05) is 49.9 Å². The van der Waals surface area contributed by atoms with Crippen molar-refractivity contribution in [2.75, 3.05) is 19.6 Å². The molecule has 0 bridgehead atoms. The van der Waals surface area contributed by atoms with Crippen molar-refractivity contribution in [1.82, 2.24) is 9.80 Å². The summed E-state index contributed by atoms with van der Waals surface area (Å²) in [7, 11) is 0. The molecule has 1 aliphatic rings. The van der Waals surface area contributed by atoms with Gasteiger partial charge in [0.15, 0.2) is 5.96 Å². The number of hydrogen-bond donors (Lipinski definition) is 3. The molecule has 3 atom stereocenters. The van der Waals surface area contributed by atoms with Crippen LogP contribution in [0.2, 0.25) is 0 Å². The average Bonchev–Trinajstić information content (AvgIpc) is 2.92. The van der Waals surface area contributed by atoms with Gasteiger partial charge in [-0.25, -0.2) is 0 Å². The Bertz CT molecular complexity index is 1380. The van der Waals surface area contributed by atoms with Crippen molar-refractivity contribution in [2.24, 2.45) is 22.2 Å². The maximum absolute atomic E-state index is 13.9. The van der Waals surface area contributed by atoms with Crippen LogP contribution in [0.5, 0.6) is 0 Å². The van der Waals surface area contributed by atoms with E-state index in [4.69, 9.17) is 17.2 Å². The largest absolute Gasteiger partial charge is 0.370 e. The number of nitrogens with zero attached hydrogens (tertiary/aromatic N) is 3. The number of carbonyl (C=O) groups excluding carboxylic acids is 2. The summed E-state index contributed by atoms with van der Waals surface area (Å²) >= 11 is 0. The molecule has 8 nitrogen and oxygen atoms in total. The van der Waals surface area contributed by atoms with Crippen LogP contribution in [0, 0.1) is 13.8 Å². The molecule has 0 aromatic heterocycles. The highest BCUT2D eigenvalue weighted by molar-refractivity contribution is 5.91. The maximum Gasteiger partial charge on any atom is 0.245 e. The van der Waals surface area contributed by atoms with Crippen LogP contribution in [0.4, 0.5) is 0 Å². The summed E-state index contributed by atoms with van der Waals surface area (Å²) in [6, 6.07) is 19.4. The Morgan fingerprint density at radius 3 is 2.52 bits per heavy atom. The van der Waals surface area contributed by atoms with Gasteiger partial charge in [0, 0.05) is 25.7 Å². The van der Waals surface area contributed by atoms with E-state index in [9.17, 15) is 9.59 Å². The zero-order valence-corrected chi connectivity index (χ0v) is 23.8. The van der Waals surface area contributed by atoms with Crippen molar-refractivity contribution in [3.63, 3.8) is 0 Å². The summed E-state index contributed by atoms with van der Waals surface area (Å²) in [6.45, 7) is 7.50. The highest BCUT2D eigenvalue weighted by Crippen LogP contribution is 2.24. The fraction of sp³-hybridized carbons (Fsp3) is 0.406. The Labute approximate surface area is 237 Å². The van der Waals surface area contributed by atoms with Crippen molar-refractivity contribution in [1.29, 1.82) is 0 Å². The van der Waals surface area contributed by atoms with Crippen molar-refractivity contribution >= 4 is 28.5 Å². The Morgan fingerprint density at radius 2 is 1.80 bits per heavy atom. The van der Waals surface area contributed by atoms with Gasteiger partial charge in [0.1, 0.15) is 6.04 Å². The summed E-state index contributed by atoms with van der Waals surface area (Å²) in [5.74, 6) is -0.221. The van der Waals surface area contributed by atoms with Crippen LogP contribution < -0.4 is 17.2 Å². The molecular formula is C32H42N6O2. The number of benzene rings is 3. The third-order valence-corrected chi connectivity index (χ3v) is 7.86. The number of amides is 2. The van der Waals surface area contributed by atoms with E-state index in [1.54, 1.807) is 4.90 Å². The highest BCUT2D eigenvalue weighted by Gasteiger charge is 2.41. The molecular weight excluding hydrogens is 500 g/mol. The third kappa shape index (κ3) is 6.99. The first-order chi connectivity index (χ1) is 19.1. The van der Waals surface area contributed by atoms with Crippen molar-refractivity contribution in [2.45, 2.75) is 64.6 Å². The number of hydrogen-bond acceptors (Lipinski definition) is 4. The highest BCUT2D eigenvalue weighted by atomic mass is 16.2. The van der Waals surface area contributed by atoms with Crippen LogP contribution in [-0.4, -0.2) is 65.3 Å². The van der Waals surface area contributed by atoms with E-state index in [2.05, 4.69) is 41.4 Å². The lowest BCUT2D eigenvalue weighted by atomic mass is 9.96. The van der Waals surface area contributed by atoms with Gasteiger partial charge in [-0.2, -0.15) is 0 Å². The van der Waals surface area contributed by atoms with E-state index in [0.717, 1.165) is 17.5 Å². The van der Waals surface area contributed by atoms with Gasteiger partial charge in [-0.1, -0.05) is 66.2 Å². The first-order valence-corrected chi connectivity index (χ1v) is 14.1. The Hall–Kier alpha value is -3.91. The van der Waals surface area contributed by atoms with Gasteiger partial charge in [0.25, 0.3) is 0 Å². The predicted molar refractivity (Wildman–Crippen MR) is 162 cm³/mol. The monoisotopic (exact) mass is 542 g/mol. The number of aryl methyl sites for hydroxylation is 2. The molecule has 212 valence electrons. The molecule has 4 rings (SSSR count). The number of aliphatic imine (C=N–C) groups is 1. The van der Waals surface area contributed by atoms with Gasteiger partial charge in [-0.3, -0.25) is 14.6 Å². The lowest BCUT2D eigenvalue weighted by molar-refractivity contribution is -0.155. The van der Waals surface area contributed by atoms with E-state index in [1.165, 1.54) is 21.9 Å². The Balaban J connectivity index is 1.49. The number of piperazine rings is 1. The number of nitrogens with two attached hydrogens (primary N) is 3. The van der Waals surface area contributed by atoms with Crippen LogP contribution in [0.25, 0.3) is 10.8 Å². The molecule has 0 spiro atoms. The lowest BCUT2D eigenvalue weighted by Gasteiger charge is -2.45. The standard InChI is InChI=1S/C32H42N6O2/c1-21-10-12-26(22(2)17-21)19-28(33)30(39)38-20-23(3)37(31(40)29(38)9-6-15-36-32(34)35)16-14-24-11-13-25-7-4-5-8-27(25)18-24/h4-5,7-8,10-13,17-18,23,28-29H,6,9,14-16,19-20,33H2,1-3H3,(H4,34,35,36)/t23-,28-,29+/m1/s1. The second-order valence-corrected chi connectivity index (χ2v) is 11.0. The molecule has 0 saturated carbocycles. The SMILES string of the molecule is Cc1ccc(C[C@@H](N)C(=O)N2C[C@@H](C)N(CCc3ccc4ccccc4c3)C(=O)[C@@H]2CCCN=C(N)N)c(C)c1. The van der Waals surface area contributed by atoms with Crippen LogP contribution in [-0.2, 0) is 22.4 Å². The molecule has 0 aliphatic carbocycles. The average molecular weight is 543 g/mol. The second kappa shape index (κ2) is 13.0. The van der Waals surface area contributed by atoms with Crippen LogP contribution in [0.15, 0.2) is 65.7 Å². The van der Waals surface area contributed by atoms with E-state index in [-0.39, 0.29) is 23.8 Å². The molecule has 2 amide bonds. The Morgan fingerprint density at radius 1 is 1.05 bits per heavy atom. The molecule has 3 aromatic carbocycles. The first kappa shape index (κ1) is 29.1. The first-order valence-electron chi connectivity index (χ1n) is 14.1. The summed E-state index contributed by atoms with van der Waals surface area (Å²) < 4.78 is 0. The van der Waals surface area contributed by atoms with Gasteiger partial charge >= 0.3 is 0 Å². The summed E-state index contributed by atoms with van der Waals surface area (Å²) in [6.07, 6.45) is 2.21. The minimum atomic E-state index is -0.731. The predicted octanol–water partition coefficient (Wildman–Crippen LogP) is 3.05. The van der Waals surface area contributed by atoms with E-state index >= 15 is 0 Å². The molecule has 0 unspecified atom stereocenters. The molecule has 3 aromatic rings. The number of rotatable bonds is 10. The molecule has 8 heteroatoms. The number of fused-ring (bicyclic) bond motifs is 1. The normalized spacial score (nSPS) is 18.1. The fourth-order valence-corrected chi connectivity index (χ4v) is 5.65. The minimum Gasteiger partial charge on any atom is -0.370 e. The maximum atomic E-state index is 13.9. The van der Waals surface area contributed by atoms with Crippen molar-refractivity contribution < 1.29 is 9.59 Å². The van der Waals surface area contributed by atoms with E-state index in [0.29, 0.717) is 38.9 Å². The lowest BCUT2D eigenvalue weighted by Crippen LogP contribution is -2.64. The van der Waals surface area contributed by atoms with Crippen LogP contribution in [0.1, 0.15) is 42.0 Å². The Kier molecular flexibility index (Phi) is 9.42. The molecule has 1 aliphatic heterocycles. The third-order valence-electron chi connectivity index (χ3n) is 7.86. The summed E-state index contributed by atoms with van der Waals surface area (Å²) in [5.41, 5.74) is 22.0. The summed E-state index contributed by atoms with van der Waals surface area (Å²) in [5, 5.41) is 2.38. The molecule has 40 heavy (non-hydrogen) atoms. The zero-order chi connectivity index (χ0) is 28.8. The second-order valence-electron chi connectivity index (χ2n) is 11.0. The number of carbonyl (C=O) groups is 2. The molecule has 0 radical (unpaired) electrons. The van der Waals surface area contributed by atoms with Gasteiger partial charge in [-0.05, 0) is 73.9 Å². The smallest absolute Gasteiger partial charge is 0.245 e. The van der Waals surface area contributed by atoms with Crippen LogP contribution in [0.3, 0.4) is 0 Å². The molecule has 1 fully saturated rings. The summed E-state index contributed by atoms with van der Waals surface area (Å²) in [4.78, 5) is 35.3. The van der Waals surface area contributed by atoms with Crippen molar-refractivity contribution in [3.05, 3.63) is 82.9 Å². The topological polar surface area (TPSA) is 131 Å². The minimum absolute atomic E-state index is 0.0176. The van der Waals surface area contributed by atoms with Gasteiger partial charge in [0.2, 0.25) is 11.8 Å².